The van der Waals surface area contributed by atoms with Crippen molar-refractivity contribution in [2.45, 2.75) is 140 Å². The highest BCUT2D eigenvalue weighted by Gasteiger charge is 2.51. The summed E-state index contributed by atoms with van der Waals surface area (Å²) in [5.74, 6) is -2.18. The van der Waals surface area contributed by atoms with Gasteiger partial charge in [0, 0.05) is 34.9 Å². The lowest BCUT2D eigenvalue weighted by atomic mass is 9.69. The number of aromatic hydroxyl groups is 1. The number of nitrogens with one attached hydrogen (secondary N) is 1. The van der Waals surface area contributed by atoms with Crippen LogP contribution >= 0.6 is 0 Å². The molecule has 10 heteroatoms. The Hall–Kier alpha value is -5.42. The van der Waals surface area contributed by atoms with E-state index in [-0.39, 0.29) is 60.0 Å². The third-order valence-corrected chi connectivity index (χ3v) is 15.9. The van der Waals surface area contributed by atoms with Crippen molar-refractivity contribution in [3.05, 3.63) is 132 Å². The molecule has 2 heterocycles. The highest BCUT2D eigenvalue weighted by molar-refractivity contribution is 5.85. The first-order valence-electron chi connectivity index (χ1n) is 25.4. The van der Waals surface area contributed by atoms with Gasteiger partial charge in [-0.25, -0.2) is 4.98 Å². The zero-order valence-electron chi connectivity index (χ0n) is 39.7. The Morgan fingerprint density at radius 1 is 0.838 bits per heavy atom. The van der Waals surface area contributed by atoms with Crippen molar-refractivity contribution >= 4 is 11.8 Å². The molecule has 8 N–H and O–H groups in total. The first kappa shape index (κ1) is 49.0. The van der Waals surface area contributed by atoms with Crippen LogP contribution in [0.15, 0.2) is 109 Å². The second-order valence-corrected chi connectivity index (χ2v) is 20.6. The summed E-state index contributed by atoms with van der Waals surface area (Å²) in [7, 11) is 0. The zero-order valence-corrected chi connectivity index (χ0v) is 39.7. The number of phenols is 1. The number of aliphatic hydroxyl groups is 3. The van der Waals surface area contributed by atoms with Crippen molar-refractivity contribution in [2.24, 2.45) is 35.5 Å². The van der Waals surface area contributed by atoms with E-state index in [1.165, 1.54) is 25.3 Å². The van der Waals surface area contributed by atoms with Gasteiger partial charge in [-0.3, -0.25) is 4.79 Å². The van der Waals surface area contributed by atoms with E-state index in [0.29, 0.717) is 73.5 Å². The van der Waals surface area contributed by atoms with Gasteiger partial charge in [0.15, 0.2) is 0 Å². The van der Waals surface area contributed by atoms with Crippen molar-refractivity contribution in [1.82, 2.24) is 9.97 Å². The van der Waals surface area contributed by atoms with Crippen LogP contribution in [0, 0.1) is 35.5 Å². The first-order chi connectivity index (χ1) is 32.9. The van der Waals surface area contributed by atoms with Gasteiger partial charge >= 0.3 is 5.97 Å². The number of hydrogen-bond donors (Lipinski definition) is 7. The monoisotopic (exact) mass is 923 g/mol. The van der Waals surface area contributed by atoms with Crippen LogP contribution in [0.4, 0.5) is 5.82 Å². The van der Waals surface area contributed by atoms with Crippen molar-refractivity contribution in [3.8, 4) is 33.9 Å². The van der Waals surface area contributed by atoms with Crippen molar-refractivity contribution in [1.29, 1.82) is 0 Å². The largest absolute Gasteiger partial charge is 0.872 e. The van der Waals surface area contributed by atoms with Gasteiger partial charge in [0.1, 0.15) is 11.6 Å². The first-order valence-corrected chi connectivity index (χ1v) is 25.4. The summed E-state index contributed by atoms with van der Waals surface area (Å²) in [4.78, 5) is 21.3. The minimum atomic E-state index is -1.21. The van der Waals surface area contributed by atoms with Gasteiger partial charge in [0.2, 0.25) is 0 Å². The number of nitrogen functional groups attached to an aromatic ring is 1. The molecule has 0 bridgehead atoms. The van der Waals surface area contributed by atoms with Crippen molar-refractivity contribution < 1.29 is 35.4 Å². The highest BCUT2D eigenvalue weighted by Crippen LogP contribution is 2.54. The molecule has 0 radical (unpaired) electrons. The standard InChI is InChI=1S/C58H73N3O7/c1-2-3-6-13-38-20-21-42(52(64)31-38)18-11-12-19-43-22-23-45(49-30-40(28-39-25-27-60-54(59)32-39)36-58(49,68)26-24-51(63)55(43)57(66)67)50-35-46(41-16-9-5-10-17-41)56(61-50)48-33-44(62)34-53(65)47(48)29-37-14-7-4-8-15-37/h4-5,7-10,14-17,20-21,25,27,32-35,38,40,42-43,45,49,51-52,55,61-65,68H,2-3,6,11-13,18-19,22-24,26,28-31,36H2,1H3,(H2,59,60)(H,66,67)/p-1/t38-,40+,42-,43+,45-,49+,51+,52-,55+,58+/m1/s1. The van der Waals surface area contributed by atoms with E-state index in [2.05, 4.69) is 35.1 Å². The number of anilines is 1. The maximum Gasteiger partial charge on any atom is 0.309 e. The average Bonchev–Trinajstić information content (AvgIpc) is 3.90. The van der Waals surface area contributed by atoms with Crippen LogP contribution in [0.2, 0.25) is 0 Å². The maximum absolute atomic E-state index is 13.9. The van der Waals surface area contributed by atoms with E-state index in [4.69, 9.17) is 5.73 Å². The number of pyridine rings is 1. The normalized spacial score (nSPS) is 27.4. The molecular formula is C58H72N3O7-. The average molecular weight is 923 g/mol. The molecule has 0 unspecified atom stereocenters. The number of allylic oxidation sites excluding steroid dienone is 1. The van der Waals surface area contributed by atoms with E-state index in [1.807, 2.05) is 72.8 Å². The van der Waals surface area contributed by atoms with Gasteiger partial charge in [-0.15, -0.1) is 5.75 Å². The molecule has 3 aliphatic carbocycles. The van der Waals surface area contributed by atoms with Crippen LogP contribution < -0.4 is 10.8 Å². The summed E-state index contributed by atoms with van der Waals surface area (Å²) in [5, 5.41) is 71.7. The lowest BCUT2D eigenvalue weighted by Crippen LogP contribution is -2.42. The number of fused-ring (bicyclic) bond motifs is 1. The molecule has 10 atom stereocenters. The number of aliphatic carboxylic acids is 1. The number of carboxylic acids is 1. The fourth-order valence-electron chi connectivity index (χ4n) is 12.5. The summed E-state index contributed by atoms with van der Waals surface area (Å²) >= 11 is 0. The van der Waals surface area contributed by atoms with Gasteiger partial charge in [0.25, 0.3) is 0 Å². The number of benzene rings is 3. The molecule has 362 valence electrons. The maximum atomic E-state index is 13.9. The number of carbonyl (C=O) groups is 1. The Morgan fingerprint density at radius 2 is 1.59 bits per heavy atom. The molecule has 3 aliphatic rings. The minimum Gasteiger partial charge on any atom is -0.872 e. The van der Waals surface area contributed by atoms with E-state index in [1.54, 1.807) is 12.3 Å². The lowest BCUT2D eigenvalue weighted by molar-refractivity contribution is -0.269. The number of hydrogen-bond acceptors (Lipinski definition) is 8. The molecular weight excluding hydrogens is 851 g/mol. The highest BCUT2D eigenvalue weighted by atomic mass is 16.4. The summed E-state index contributed by atoms with van der Waals surface area (Å²) in [6.45, 7) is 2.21. The minimum absolute atomic E-state index is 0.0848. The van der Waals surface area contributed by atoms with Crippen LogP contribution in [-0.4, -0.2) is 59.3 Å². The smallest absolute Gasteiger partial charge is 0.309 e. The van der Waals surface area contributed by atoms with Gasteiger partial charge in [-0.2, -0.15) is 0 Å². The van der Waals surface area contributed by atoms with E-state index in [0.717, 1.165) is 60.1 Å². The molecule has 0 amide bonds. The number of carboxylic acid groups (broad SMARTS) is 1. The Kier molecular flexibility index (Phi) is 16.1. The number of nitrogens with zero attached hydrogens (tertiary/aromatic N) is 1. The third-order valence-electron chi connectivity index (χ3n) is 15.9. The second-order valence-electron chi connectivity index (χ2n) is 20.6. The van der Waals surface area contributed by atoms with Gasteiger partial charge < -0.3 is 41.4 Å². The molecule has 3 aromatic carbocycles. The zero-order chi connectivity index (χ0) is 47.8. The molecule has 2 aromatic heterocycles. The van der Waals surface area contributed by atoms with Gasteiger partial charge in [-0.05, 0) is 153 Å². The Balaban J connectivity index is 1.15. The predicted octanol–water partition coefficient (Wildman–Crippen LogP) is 10.7. The predicted molar refractivity (Wildman–Crippen MR) is 267 cm³/mol. The molecule has 2 fully saturated rings. The number of aromatic nitrogens is 2. The van der Waals surface area contributed by atoms with Gasteiger partial charge in [0.05, 0.1) is 29.4 Å². The molecule has 0 saturated heterocycles. The molecule has 68 heavy (non-hydrogen) atoms. The van der Waals surface area contributed by atoms with Crippen molar-refractivity contribution in [2.75, 3.05) is 5.73 Å². The molecule has 5 aromatic rings. The summed E-state index contributed by atoms with van der Waals surface area (Å²) in [6, 6.07) is 28.8. The van der Waals surface area contributed by atoms with E-state index < -0.39 is 23.6 Å². The molecule has 0 aliphatic heterocycles. The number of aliphatic hydroxyl groups excluding tert-OH is 2. The number of H-pyrrole nitrogens is 1. The van der Waals surface area contributed by atoms with Crippen LogP contribution in [0.3, 0.4) is 0 Å². The SMILES string of the molecule is CCCCC[C@@H]1C=C[C@@H](CCCC[C@H]2CC[C@@H](c3cc(-c4ccccc4)c(-c4cc(O)cc([O-])c4Cc4ccccc4)[nH]3)[C@@H]3C[C@H](Cc4ccnc(N)c4)C[C@@]3(O)CC[C@H](O)[C@H]2C(=O)O)[C@H](O)C1. The summed E-state index contributed by atoms with van der Waals surface area (Å²) in [6.07, 6.45) is 17.0. The van der Waals surface area contributed by atoms with Crippen LogP contribution in [0.1, 0.15) is 132 Å². The third kappa shape index (κ3) is 11.7. The van der Waals surface area contributed by atoms with Crippen molar-refractivity contribution in [3.63, 3.8) is 0 Å². The second kappa shape index (κ2) is 22.3. The molecule has 0 spiro atoms. The van der Waals surface area contributed by atoms with Crippen LogP contribution in [0.25, 0.3) is 22.4 Å². The number of unbranched alkanes of at least 4 members (excludes halogenated alkanes) is 3. The fraction of sp³-hybridized carbons (Fsp3) is 0.483. The topological polar surface area (TPSA) is 196 Å². The number of nitrogens with two attached hydrogens (primary N) is 1. The van der Waals surface area contributed by atoms with Crippen LogP contribution in [-0.2, 0) is 17.6 Å². The Morgan fingerprint density at radius 3 is 2.32 bits per heavy atom. The fourth-order valence-corrected chi connectivity index (χ4v) is 12.5. The summed E-state index contributed by atoms with van der Waals surface area (Å²) < 4.78 is 0. The molecule has 2 saturated carbocycles. The Labute approximate surface area is 402 Å². The van der Waals surface area contributed by atoms with E-state index >= 15 is 0 Å². The van der Waals surface area contributed by atoms with Gasteiger partial charge in [-0.1, -0.05) is 112 Å². The number of aromatic amines is 1. The lowest BCUT2D eigenvalue weighted by Gasteiger charge is -2.40. The Bertz CT molecular complexity index is 2450. The molecule has 10 nitrogen and oxygen atoms in total. The number of rotatable bonds is 17. The van der Waals surface area contributed by atoms with E-state index in [9.17, 15) is 35.4 Å². The summed E-state index contributed by atoms with van der Waals surface area (Å²) in [5.41, 5.74) is 11.5. The van der Waals surface area contributed by atoms with Crippen LogP contribution in [0.5, 0.6) is 11.5 Å². The quantitative estimate of drug-likeness (QED) is 0.0351. The molecule has 8 rings (SSSR count). The number of phenolic OH excluding ortho intramolecular Hbond substituents is 1.